The lowest BCUT2D eigenvalue weighted by atomic mass is 9.93. The summed E-state index contributed by atoms with van der Waals surface area (Å²) in [6.45, 7) is 7.32. The Kier molecular flexibility index (Phi) is 6.30. The molecule has 3 aromatic heterocycles. The van der Waals surface area contributed by atoms with E-state index in [1.54, 1.807) is 17.0 Å². The zero-order valence-corrected chi connectivity index (χ0v) is 19.0. The number of carbonyl (C=O) groups is 1. The molecule has 8 nitrogen and oxygen atoms in total. The number of anilines is 2. The Bertz CT molecular complexity index is 1130. The van der Waals surface area contributed by atoms with Crippen molar-refractivity contribution in [3.05, 3.63) is 65.0 Å². The van der Waals surface area contributed by atoms with Crippen molar-refractivity contribution >= 4 is 23.6 Å². The van der Waals surface area contributed by atoms with Crippen LogP contribution in [0.1, 0.15) is 47.1 Å². The first kappa shape index (κ1) is 21.7. The quantitative estimate of drug-likeness (QED) is 0.620. The highest BCUT2D eigenvalue weighted by Crippen LogP contribution is 2.28. The molecule has 0 saturated carbocycles. The molecule has 1 atom stereocenters. The van der Waals surface area contributed by atoms with Gasteiger partial charge in [-0.05, 0) is 57.9 Å². The SMILES string of the molecule is Cc1cc(Nc2nc(C)cc(C)n2)cc(C2CCCN(C(=O)C=Cc3cnn(C)c3)C2)n1. The summed E-state index contributed by atoms with van der Waals surface area (Å²) >= 11 is 0. The van der Waals surface area contributed by atoms with Crippen LogP contribution in [0.3, 0.4) is 0 Å². The minimum atomic E-state index is 0.0215. The Morgan fingerprint density at radius 1 is 1.09 bits per heavy atom. The molecule has 1 aliphatic rings. The monoisotopic (exact) mass is 431 g/mol. The lowest BCUT2D eigenvalue weighted by Crippen LogP contribution is -2.38. The van der Waals surface area contributed by atoms with E-state index in [9.17, 15) is 4.79 Å². The first-order chi connectivity index (χ1) is 15.4. The van der Waals surface area contributed by atoms with Gasteiger partial charge in [0.05, 0.1) is 6.20 Å². The largest absolute Gasteiger partial charge is 0.338 e. The van der Waals surface area contributed by atoms with Crippen LogP contribution in [-0.2, 0) is 11.8 Å². The number of nitrogens with one attached hydrogen (secondary N) is 1. The maximum Gasteiger partial charge on any atom is 0.246 e. The van der Waals surface area contributed by atoms with Gasteiger partial charge in [0.25, 0.3) is 0 Å². The second kappa shape index (κ2) is 9.30. The number of piperidine rings is 1. The topological polar surface area (TPSA) is 88.8 Å². The van der Waals surface area contributed by atoms with Crippen LogP contribution in [0, 0.1) is 20.8 Å². The maximum atomic E-state index is 12.8. The van der Waals surface area contributed by atoms with Gasteiger partial charge >= 0.3 is 0 Å². The highest BCUT2D eigenvalue weighted by atomic mass is 16.2. The van der Waals surface area contributed by atoms with Gasteiger partial charge < -0.3 is 10.2 Å². The molecule has 8 heteroatoms. The summed E-state index contributed by atoms with van der Waals surface area (Å²) in [5.74, 6) is 0.799. The lowest BCUT2D eigenvalue weighted by Gasteiger charge is -2.32. The fraction of sp³-hybridized carbons (Fsp3) is 0.375. The fourth-order valence-electron chi connectivity index (χ4n) is 4.10. The molecule has 1 N–H and O–H groups in total. The molecular formula is C24H29N7O. The third-order valence-electron chi connectivity index (χ3n) is 5.51. The van der Waals surface area contributed by atoms with Crippen molar-refractivity contribution < 1.29 is 4.79 Å². The Hall–Kier alpha value is -3.55. The number of hydrogen-bond donors (Lipinski definition) is 1. The number of likely N-dealkylation sites (tertiary alicyclic amines) is 1. The molecule has 1 amide bonds. The van der Waals surface area contributed by atoms with Crippen molar-refractivity contribution in [1.82, 2.24) is 29.6 Å². The van der Waals surface area contributed by atoms with Crippen molar-refractivity contribution in [1.29, 1.82) is 0 Å². The number of pyridine rings is 1. The van der Waals surface area contributed by atoms with Gasteiger partial charge in [-0.25, -0.2) is 9.97 Å². The Morgan fingerprint density at radius 3 is 2.56 bits per heavy atom. The number of hydrogen-bond acceptors (Lipinski definition) is 6. The van der Waals surface area contributed by atoms with Gasteiger partial charge in [0, 0.05) is 72.4 Å². The van der Waals surface area contributed by atoms with E-state index in [0.717, 1.165) is 53.4 Å². The van der Waals surface area contributed by atoms with Crippen LogP contribution in [0.2, 0.25) is 0 Å². The van der Waals surface area contributed by atoms with Crippen LogP contribution in [0.15, 0.2) is 36.7 Å². The molecule has 1 saturated heterocycles. The van der Waals surface area contributed by atoms with Crippen molar-refractivity contribution in [2.24, 2.45) is 7.05 Å². The van der Waals surface area contributed by atoms with Crippen molar-refractivity contribution in [2.45, 2.75) is 39.5 Å². The number of aromatic nitrogens is 5. The van der Waals surface area contributed by atoms with Gasteiger partial charge in [0.15, 0.2) is 0 Å². The smallest absolute Gasteiger partial charge is 0.246 e. The zero-order chi connectivity index (χ0) is 22.7. The Labute approximate surface area is 188 Å². The number of rotatable bonds is 5. The average molecular weight is 432 g/mol. The van der Waals surface area contributed by atoms with Crippen LogP contribution in [-0.4, -0.2) is 48.6 Å². The van der Waals surface area contributed by atoms with E-state index in [-0.39, 0.29) is 11.8 Å². The van der Waals surface area contributed by atoms with E-state index in [2.05, 4.69) is 26.4 Å². The highest BCUT2D eigenvalue weighted by Gasteiger charge is 2.25. The standard InChI is InChI=1S/C24H29N7O/c1-16-10-17(2)28-24(27-16)29-21-11-18(3)26-22(12-21)20-6-5-9-31(15-20)23(32)8-7-19-13-25-30(4)14-19/h7-8,10-14,20H,5-6,9,15H2,1-4H3,(H,26,27,28,29). The van der Waals surface area contributed by atoms with Crippen molar-refractivity contribution in [3.8, 4) is 0 Å². The Balaban J connectivity index is 1.48. The molecular weight excluding hydrogens is 402 g/mol. The molecule has 3 aromatic rings. The van der Waals surface area contributed by atoms with Gasteiger partial charge in [0.1, 0.15) is 0 Å². The van der Waals surface area contributed by atoms with Crippen LogP contribution >= 0.6 is 0 Å². The molecule has 4 heterocycles. The third kappa shape index (κ3) is 5.38. The van der Waals surface area contributed by atoms with E-state index in [1.165, 1.54) is 0 Å². The summed E-state index contributed by atoms with van der Waals surface area (Å²) in [6.07, 6.45) is 9.03. The third-order valence-corrected chi connectivity index (χ3v) is 5.51. The lowest BCUT2D eigenvalue weighted by molar-refractivity contribution is -0.127. The van der Waals surface area contributed by atoms with E-state index in [4.69, 9.17) is 4.98 Å². The summed E-state index contributed by atoms with van der Waals surface area (Å²) < 4.78 is 1.72. The van der Waals surface area contributed by atoms with Crippen molar-refractivity contribution in [3.63, 3.8) is 0 Å². The zero-order valence-electron chi connectivity index (χ0n) is 19.0. The summed E-state index contributed by atoms with van der Waals surface area (Å²) in [6, 6.07) is 6.00. The Morgan fingerprint density at radius 2 is 1.84 bits per heavy atom. The summed E-state index contributed by atoms with van der Waals surface area (Å²) in [5, 5.41) is 7.45. The van der Waals surface area contributed by atoms with Crippen LogP contribution < -0.4 is 5.32 Å². The molecule has 166 valence electrons. The van der Waals surface area contributed by atoms with E-state index < -0.39 is 0 Å². The van der Waals surface area contributed by atoms with Gasteiger partial charge in [-0.3, -0.25) is 14.5 Å². The summed E-state index contributed by atoms with van der Waals surface area (Å²) in [5.41, 5.74) is 5.59. The first-order valence-corrected chi connectivity index (χ1v) is 10.9. The number of carbonyl (C=O) groups excluding carboxylic acids is 1. The molecule has 1 aliphatic heterocycles. The molecule has 0 aromatic carbocycles. The van der Waals surface area contributed by atoms with Gasteiger partial charge in [-0.1, -0.05) is 0 Å². The number of amides is 1. The molecule has 0 aliphatic carbocycles. The van der Waals surface area contributed by atoms with Crippen LogP contribution in [0.4, 0.5) is 11.6 Å². The molecule has 0 radical (unpaired) electrons. The second-order valence-electron chi connectivity index (χ2n) is 8.43. The normalized spacial score (nSPS) is 16.5. The predicted octanol–water partition coefficient (Wildman–Crippen LogP) is 3.69. The average Bonchev–Trinajstić information content (AvgIpc) is 3.16. The van der Waals surface area contributed by atoms with Gasteiger partial charge in [-0.2, -0.15) is 5.10 Å². The van der Waals surface area contributed by atoms with Crippen LogP contribution in [0.25, 0.3) is 6.08 Å². The van der Waals surface area contributed by atoms with Crippen molar-refractivity contribution in [2.75, 3.05) is 18.4 Å². The van der Waals surface area contributed by atoms with Gasteiger partial charge in [0.2, 0.25) is 11.9 Å². The van der Waals surface area contributed by atoms with E-state index in [0.29, 0.717) is 12.5 Å². The predicted molar refractivity (Wildman–Crippen MR) is 125 cm³/mol. The minimum absolute atomic E-state index is 0.0215. The van der Waals surface area contributed by atoms with E-state index in [1.807, 2.05) is 57.1 Å². The van der Waals surface area contributed by atoms with Gasteiger partial charge in [-0.15, -0.1) is 0 Å². The van der Waals surface area contributed by atoms with E-state index >= 15 is 0 Å². The molecule has 1 unspecified atom stereocenters. The first-order valence-electron chi connectivity index (χ1n) is 10.9. The maximum absolute atomic E-state index is 12.8. The second-order valence-corrected chi connectivity index (χ2v) is 8.43. The molecule has 32 heavy (non-hydrogen) atoms. The summed E-state index contributed by atoms with van der Waals surface area (Å²) in [4.78, 5) is 28.4. The fourth-order valence-corrected chi connectivity index (χ4v) is 4.10. The molecule has 1 fully saturated rings. The molecule has 0 bridgehead atoms. The minimum Gasteiger partial charge on any atom is -0.338 e. The number of aryl methyl sites for hydroxylation is 4. The number of nitrogens with zero attached hydrogens (tertiary/aromatic N) is 6. The highest BCUT2D eigenvalue weighted by molar-refractivity contribution is 5.91. The molecule has 4 rings (SSSR count). The molecule has 0 spiro atoms. The van der Waals surface area contributed by atoms with Crippen LogP contribution in [0.5, 0.6) is 0 Å². The summed E-state index contributed by atoms with van der Waals surface area (Å²) in [7, 11) is 1.86.